The fraction of sp³-hybridized carbons (Fsp3) is 0.273. The van der Waals surface area contributed by atoms with Crippen molar-refractivity contribution in [2.75, 3.05) is 11.4 Å². The highest BCUT2D eigenvalue weighted by molar-refractivity contribution is 8.30. The molecule has 1 aromatic carbocycles. The molecular weight excluding hydrogens is 464 g/mol. The summed E-state index contributed by atoms with van der Waals surface area (Å²) >= 11 is 7.65. The van der Waals surface area contributed by atoms with Crippen molar-refractivity contribution in [3.05, 3.63) is 55.0 Å². The Morgan fingerprint density at radius 3 is 2.56 bits per heavy atom. The lowest BCUT2D eigenvalue weighted by Gasteiger charge is -2.29. The summed E-state index contributed by atoms with van der Waals surface area (Å²) in [4.78, 5) is 40.3. The highest BCUT2D eigenvalue weighted by Crippen LogP contribution is 2.32. The number of fused-ring (bicyclic) bond motifs is 1. The fourth-order valence-electron chi connectivity index (χ4n) is 3.76. The quantitative estimate of drug-likeness (QED) is 0.669. The Kier molecular flexibility index (Phi) is 6.11. The standard InChI is InChI=1S/C22H22N4O3S3/c1-5-24-15-9-7-12(3)11-14(15)8-10-16(24)17-19(28)25(6-2)21(31-17)18-20(29)26(22(30)32-18)23-13(4)27/h7-11H,5-6H2,1-4H3,(H,23,27). The van der Waals surface area contributed by atoms with Crippen LogP contribution in [0.4, 0.5) is 5.69 Å². The number of aryl methyl sites for hydroxylation is 1. The van der Waals surface area contributed by atoms with Gasteiger partial charge in [0.05, 0.1) is 5.70 Å². The van der Waals surface area contributed by atoms with Crippen molar-refractivity contribution >= 4 is 73.8 Å². The van der Waals surface area contributed by atoms with Crippen molar-refractivity contribution in [2.45, 2.75) is 34.2 Å². The molecule has 3 heterocycles. The number of anilines is 1. The third-order valence-corrected chi connectivity index (χ3v) is 7.86. The predicted molar refractivity (Wildman–Crippen MR) is 134 cm³/mol. The molecule has 0 unspecified atom stereocenters. The van der Waals surface area contributed by atoms with Gasteiger partial charge in [-0.1, -0.05) is 17.7 Å². The molecule has 2 amide bonds. The number of rotatable bonds is 3. The van der Waals surface area contributed by atoms with Crippen LogP contribution in [-0.2, 0) is 16.1 Å². The van der Waals surface area contributed by atoms with Gasteiger partial charge in [0.25, 0.3) is 11.5 Å². The molecular formula is C22H22N4O3S3. The molecule has 2 aliphatic heterocycles. The summed E-state index contributed by atoms with van der Waals surface area (Å²) in [6.45, 7) is 8.39. The Hall–Kier alpha value is -2.69. The van der Waals surface area contributed by atoms with Crippen LogP contribution in [0.3, 0.4) is 0 Å². The SMILES string of the molecule is CCN1C(=c2sc(=C3SC(=S)N(NC(C)=O)C3=O)n(CC)c2=O)C=Cc2cc(C)ccc21. The minimum absolute atomic E-state index is 0.147. The summed E-state index contributed by atoms with van der Waals surface area (Å²) in [7, 11) is 0. The van der Waals surface area contributed by atoms with Crippen LogP contribution in [0.25, 0.3) is 16.7 Å². The van der Waals surface area contributed by atoms with Gasteiger partial charge in [0.15, 0.2) is 4.32 Å². The monoisotopic (exact) mass is 486 g/mol. The molecule has 0 saturated carbocycles. The number of thiocarbonyl (C=S) groups is 1. The van der Waals surface area contributed by atoms with Gasteiger partial charge in [0.1, 0.15) is 14.1 Å². The van der Waals surface area contributed by atoms with E-state index in [1.165, 1.54) is 23.8 Å². The highest BCUT2D eigenvalue weighted by atomic mass is 32.2. The maximum Gasteiger partial charge on any atom is 0.288 e. The van der Waals surface area contributed by atoms with Crippen molar-refractivity contribution in [1.82, 2.24) is 15.0 Å². The summed E-state index contributed by atoms with van der Waals surface area (Å²) in [5, 5.41) is 1.06. The number of amides is 2. The van der Waals surface area contributed by atoms with Gasteiger partial charge < -0.3 is 4.90 Å². The van der Waals surface area contributed by atoms with E-state index in [0.717, 1.165) is 33.7 Å². The summed E-state index contributed by atoms with van der Waals surface area (Å²) in [5.41, 5.74) is 6.44. The highest BCUT2D eigenvalue weighted by Gasteiger charge is 2.35. The predicted octanol–water partition coefficient (Wildman–Crippen LogP) is 1.92. The maximum absolute atomic E-state index is 13.4. The number of aromatic nitrogens is 1. The number of nitrogens with one attached hydrogen (secondary N) is 1. The Balaban J connectivity index is 1.96. The Morgan fingerprint density at radius 1 is 1.16 bits per heavy atom. The van der Waals surface area contributed by atoms with Crippen molar-refractivity contribution in [3.8, 4) is 0 Å². The number of thioether (sulfide) groups is 1. The van der Waals surface area contributed by atoms with Crippen LogP contribution in [0.15, 0.2) is 29.1 Å². The Bertz CT molecular complexity index is 1370. The van der Waals surface area contributed by atoms with Gasteiger partial charge in [-0.05, 0) is 68.5 Å². The van der Waals surface area contributed by atoms with Gasteiger partial charge in [-0.15, -0.1) is 11.3 Å². The molecule has 0 atom stereocenters. The summed E-state index contributed by atoms with van der Waals surface area (Å²) in [5.74, 6) is -0.819. The van der Waals surface area contributed by atoms with Gasteiger partial charge in [-0.2, -0.15) is 5.01 Å². The van der Waals surface area contributed by atoms with Crippen LogP contribution in [0.5, 0.6) is 0 Å². The molecule has 0 aliphatic carbocycles. The smallest absolute Gasteiger partial charge is 0.288 e. The van der Waals surface area contributed by atoms with Crippen LogP contribution in [0.2, 0.25) is 0 Å². The molecule has 1 saturated heterocycles. The van der Waals surface area contributed by atoms with Crippen molar-refractivity contribution in [1.29, 1.82) is 0 Å². The van der Waals surface area contributed by atoms with Crippen molar-refractivity contribution in [2.24, 2.45) is 0 Å². The molecule has 2 aromatic rings. The number of nitrogens with zero attached hydrogens (tertiary/aromatic N) is 3. The van der Waals surface area contributed by atoms with Crippen LogP contribution in [0.1, 0.15) is 31.9 Å². The van der Waals surface area contributed by atoms with Crippen LogP contribution >= 0.6 is 35.3 Å². The Labute approximate surface area is 198 Å². The largest absolute Gasteiger partial charge is 0.340 e. The van der Waals surface area contributed by atoms with Gasteiger partial charge in [0, 0.05) is 25.7 Å². The molecule has 1 aromatic heterocycles. The van der Waals surface area contributed by atoms with E-state index in [1.807, 2.05) is 26.0 Å². The number of likely N-dealkylation sites (N-methyl/N-ethyl adjacent to an activating group) is 1. The number of hydrogen-bond donors (Lipinski definition) is 1. The second-order valence-electron chi connectivity index (χ2n) is 7.32. The van der Waals surface area contributed by atoms with E-state index in [2.05, 4.69) is 35.4 Å². The second-order valence-corrected chi connectivity index (χ2v) is 9.96. The normalized spacial score (nSPS) is 19.0. The first kappa shape index (κ1) is 22.5. The van der Waals surface area contributed by atoms with E-state index in [4.69, 9.17) is 12.2 Å². The average Bonchev–Trinajstić information content (AvgIpc) is 3.22. The van der Waals surface area contributed by atoms with E-state index >= 15 is 0 Å². The molecule has 0 bridgehead atoms. The van der Waals surface area contributed by atoms with Crippen LogP contribution in [-0.4, -0.2) is 32.3 Å². The van der Waals surface area contributed by atoms with E-state index < -0.39 is 11.8 Å². The lowest BCUT2D eigenvalue weighted by atomic mass is 10.0. The first-order chi connectivity index (χ1) is 15.3. The zero-order valence-corrected chi connectivity index (χ0v) is 20.5. The zero-order chi connectivity index (χ0) is 23.2. The molecule has 10 heteroatoms. The average molecular weight is 487 g/mol. The molecule has 2 aliphatic rings. The number of carbonyl (C=O) groups excluding carboxylic acids is 2. The third kappa shape index (κ3) is 3.72. The van der Waals surface area contributed by atoms with Gasteiger partial charge in [0.2, 0.25) is 5.91 Å². The number of hydrogen-bond acceptors (Lipinski definition) is 7. The van der Waals surface area contributed by atoms with E-state index in [9.17, 15) is 14.4 Å². The van der Waals surface area contributed by atoms with Gasteiger partial charge in [-0.25, -0.2) is 0 Å². The number of benzene rings is 1. The summed E-state index contributed by atoms with van der Waals surface area (Å²) in [6, 6.07) is 6.25. The van der Waals surface area contributed by atoms with Crippen LogP contribution < -0.4 is 25.1 Å². The van der Waals surface area contributed by atoms with Gasteiger partial charge in [-0.3, -0.25) is 24.4 Å². The minimum atomic E-state index is -0.428. The lowest BCUT2D eigenvalue weighted by Crippen LogP contribution is -2.44. The zero-order valence-electron chi connectivity index (χ0n) is 18.1. The molecule has 7 nitrogen and oxygen atoms in total. The molecule has 4 rings (SSSR count). The van der Waals surface area contributed by atoms with Gasteiger partial charge >= 0.3 is 0 Å². The molecule has 166 valence electrons. The Morgan fingerprint density at radius 2 is 1.91 bits per heavy atom. The van der Waals surface area contributed by atoms with Crippen molar-refractivity contribution in [3.63, 3.8) is 0 Å². The number of hydrazine groups is 1. The topological polar surface area (TPSA) is 74.7 Å². The third-order valence-electron chi connectivity index (χ3n) is 5.17. The summed E-state index contributed by atoms with van der Waals surface area (Å²) in [6.07, 6.45) is 3.99. The van der Waals surface area contributed by atoms with E-state index in [-0.39, 0.29) is 9.88 Å². The second kappa shape index (κ2) is 8.68. The van der Waals surface area contributed by atoms with E-state index in [0.29, 0.717) is 27.2 Å². The first-order valence-electron chi connectivity index (χ1n) is 10.1. The first-order valence-corrected chi connectivity index (χ1v) is 12.2. The summed E-state index contributed by atoms with van der Waals surface area (Å²) < 4.78 is 2.94. The lowest BCUT2D eigenvalue weighted by molar-refractivity contribution is -0.131. The van der Waals surface area contributed by atoms with Crippen molar-refractivity contribution < 1.29 is 9.59 Å². The minimum Gasteiger partial charge on any atom is -0.340 e. The maximum atomic E-state index is 13.4. The fourth-order valence-corrected chi connectivity index (χ4v) is 6.33. The molecule has 0 radical (unpaired) electrons. The molecule has 1 fully saturated rings. The molecule has 1 N–H and O–H groups in total. The van der Waals surface area contributed by atoms with Crippen LogP contribution in [0, 0.1) is 6.92 Å². The number of thiazole rings is 1. The number of carbonyl (C=O) groups is 2. The molecule has 32 heavy (non-hydrogen) atoms. The molecule has 0 spiro atoms. The van der Waals surface area contributed by atoms with E-state index in [1.54, 1.807) is 4.57 Å².